The Labute approximate surface area is 89.9 Å². The summed E-state index contributed by atoms with van der Waals surface area (Å²) in [6.07, 6.45) is 1.14. The highest BCUT2D eigenvalue weighted by molar-refractivity contribution is 5.37. The summed E-state index contributed by atoms with van der Waals surface area (Å²) < 4.78 is 13.6. The lowest BCUT2D eigenvalue weighted by molar-refractivity contribution is 0.326. The van der Waals surface area contributed by atoms with Crippen LogP contribution in [-0.4, -0.2) is 9.97 Å². The molecule has 0 saturated carbocycles. The third kappa shape index (κ3) is 1.64. The minimum absolute atomic E-state index is 0.0364. The van der Waals surface area contributed by atoms with Crippen LogP contribution in [0.4, 0.5) is 4.39 Å². The fourth-order valence-corrected chi connectivity index (χ4v) is 2.28. The molecule has 1 aliphatic carbocycles. The molecule has 3 heteroatoms. The van der Waals surface area contributed by atoms with Crippen molar-refractivity contribution in [2.24, 2.45) is 0 Å². The highest BCUT2D eigenvalue weighted by Gasteiger charge is 2.35. The molecule has 0 bridgehead atoms. The molecule has 0 aliphatic heterocycles. The van der Waals surface area contributed by atoms with Gasteiger partial charge in [0.05, 0.1) is 11.4 Å². The zero-order valence-corrected chi connectivity index (χ0v) is 9.71. The number of hydrogen-bond acceptors (Lipinski definition) is 2. The Morgan fingerprint density at radius 3 is 2.60 bits per heavy atom. The number of fused-ring (bicyclic) bond motifs is 1. The van der Waals surface area contributed by atoms with Crippen LogP contribution in [0.3, 0.4) is 0 Å². The fraction of sp³-hybridized carbons (Fsp3) is 0.667. The number of hydrogen-bond donors (Lipinski definition) is 0. The van der Waals surface area contributed by atoms with E-state index in [4.69, 9.17) is 0 Å². The van der Waals surface area contributed by atoms with Crippen LogP contribution in [-0.2, 0) is 5.41 Å². The minimum atomic E-state index is -0.904. The van der Waals surface area contributed by atoms with Crippen molar-refractivity contribution in [1.82, 2.24) is 9.97 Å². The van der Waals surface area contributed by atoms with Gasteiger partial charge in [0.25, 0.3) is 0 Å². The van der Waals surface area contributed by atoms with Gasteiger partial charge in [0.1, 0.15) is 12.5 Å². The van der Waals surface area contributed by atoms with Crippen LogP contribution in [0.25, 0.3) is 0 Å². The highest BCUT2D eigenvalue weighted by Crippen LogP contribution is 2.44. The van der Waals surface area contributed by atoms with Crippen LogP contribution < -0.4 is 0 Å². The maximum atomic E-state index is 13.6. The normalized spacial score (nSPS) is 25.4. The number of nitrogens with zero attached hydrogens (tertiary/aromatic N) is 2. The van der Waals surface area contributed by atoms with Crippen LogP contribution in [0.2, 0.25) is 0 Å². The smallest absolute Gasteiger partial charge is 0.143 e. The summed E-state index contributed by atoms with van der Waals surface area (Å²) in [6, 6.07) is 0. The summed E-state index contributed by atoms with van der Waals surface area (Å²) in [5.41, 5.74) is 2.62. The van der Waals surface area contributed by atoms with E-state index in [1.807, 2.05) is 0 Å². The monoisotopic (exact) mass is 208 g/mol. The standard InChI is InChI=1S/C12H17FN2/c1-7-5-8(13)10-9(7)11(12(2,3)4)15-6-14-10/h6-8H,5H2,1-4H3/t7-,8-/m1/s1. The molecule has 2 nitrogen and oxygen atoms in total. The lowest BCUT2D eigenvalue weighted by Crippen LogP contribution is -2.18. The quantitative estimate of drug-likeness (QED) is 0.653. The minimum Gasteiger partial charge on any atom is -0.241 e. The predicted octanol–water partition coefficient (Wildman–Crippen LogP) is 3.29. The fourth-order valence-electron chi connectivity index (χ4n) is 2.28. The molecule has 1 aromatic rings. The van der Waals surface area contributed by atoms with Crippen LogP contribution >= 0.6 is 0 Å². The Hall–Kier alpha value is -0.990. The van der Waals surface area contributed by atoms with Gasteiger partial charge in [0, 0.05) is 11.0 Å². The van der Waals surface area contributed by atoms with Crippen LogP contribution in [0.1, 0.15) is 63.2 Å². The maximum absolute atomic E-state index is 13.6. The first-order valence-corrected chi connectivity index (χ1v) is 5.40. The van der Waals surface area contributed by atoms with Gasteiger partial charge in [-0.05, 0) is 12.3 Å². The van der Waals surface area contributed by atoms with Crippen molar-refractivity contribution >= 4 is 0 Å². The Bertz CT molecular complexity index is 382. The molecule has 1 aromatic heterocycles. The molecular weight excluding hydrogens is 191 g/mol. The van der Waals surface area contributed by atoms with Gasteiger partial charge >= 0.3 is 0 Å². The van der Waals surface area contributed by atoms with Gasteiger partial charge in [-0.1, -0.05) is 27.7 Å². The summed E-state index contributed by atoms with van der Waals surface area (Å²) in [5, 5.41) is 0. The average molecular weight is 208 g/mol. The van der Waals surface area contributed by atoms with E-state index in [-0.39, 0.29) is 11.3 Å². The molecule has 0 unspecified atom stereocenters. The van der Waals surface area contributed by atoms with Gasteiger partial charge in [-0.15, -0.1) is 0 Å². The van der Waals surface area contributed by atoms with E-state index in [1.165, 1.54) is 6.33 Å². The lowest BCUT2D eigenvalue weighted by Gasteiger charge is -2.22. The third-order valence-electron chi connectivity index (χ3n) is 2.98. The largest absolute Gasteiger partial charge is 0.241 e. The van der Waals surface area contributed by atoms with Crippen LogP contribution in [0.5, 0.6) is 0 Å². The first kappa shape index (κ1) is 10.5. The van der Waals surface area contributed by atoms with Crippen molar-refractivity contribution in [3.05, 3.63) is 23.3 Å². The Kier molecular flexibility index (Phi) is 2.28. The zero-order valence-electron chi connectivity index (χ0n) is 9.71. The number of rotatable bonds is 0. The van der Waals surface area contributed by atoms with Crippen molar-refractivity contribution in [2.75, 3.05) is 0 Å². The number of halogens is 1. The number of aromatic nitrogens is 2. The Balaban J connectivity index is 2.61. The summed E-state index contributed by atoms with van der Waals surface area (Å²) in [7, 11) is 0. The van der Waals surface area contributed by atoms with Crippen molar-refractivity contribution in [2.45, 2.75) is 51.6 Å². The van der Waals surface area contributed by atoms with Gasteiger partial charge in [0.15, 0.2) is 0 Å². The van der Waals surface area contributed by atoms with E-state index in [0.29, 0.717) is 12.1 Å². The molecule has 0 radical (unpaired) electrons. The van der Waals surface area contributed by atoms with Gasteiger partial charge < -0.3 is 0 Å². The molecule has 2 rings (SSSR count). The molecule has 2 atom stereocenters. The second-order valence-electron chi connectivity index (χ2n) is 5.38. The molecule has 0 fully saturated rings. The third-order valence-corrected chi connectivity index (χ3v) is 2.98. The first-order valence-electron chi connectivity index (χ1n) is 5.40. The Morgan fingerprint density at radius 1 is 1.33 bits per heavy atom. The van der Waals surface area contributed by atoms with Crippen LogP contribution in [0, 0.1) is 0 Å². The summed E-state index contributed by atoms with van der Waals surface area (Å²) in [4.78, 5) is 8.41. The van der Waals surface area contributed by atoms with E-state index in [1.54, 1.807) is 0 Å². The predicted molar refractivity (Wildman–Crippen MR) is 57.6 cm³/mol. The van der Waals surface area contributed by atoms with Crippen molar-refractivity contribution in [3.8, 4) is 0 Å². The van der Waals surface area contributed by atoms with Gasteiger partial charge in [-0.3, -0.25) is 0 Å². The van der Waals surface area contributed by atoms with Gasteiger partial charge in [-0.25, -0.2) is 14.4 Å². The molecule has 0 N–H and O–H groups in total. The summed E-state index contributed by atoms with van der Waals surface area (Å²) >= 11 is 0. The Morgan fingerprint density at radius 2 is 2.00 bits per heavy atom. The summed E-state index contributed by atoms with van der Waals surface area (Å²) in [6.45, 7) is 8.37. The number of alkyl halides is 1. The average Bonchev–Trinajstić information content (AvgIpc) is 2.41. The molecular formula is C12H17FN2. The van der Waals surface area contributed by atoms with Crippen molar-refractivity contribution in [3.63, 3.8) is 0 Å². The molecule has 82 valence electrons. The molecule has 0 aromatic carbocycles. The second kappa shape index (κ2) is 3.26. The highest BCUT2D eigenvalue weighted by atomic mass is 19.1. The van der Waals surface area contributed by atoms with E-state index in [2.05, 4.69) is 37.7 Å². The molecule has 0 spiro atoms. The van der Waals surface area contributed by atoms with Crippen molar-refractivity contribution in [1.29, 1.82) is 0 Å². The molecule has 15 heavy (non-hydrogen) atoms. The molecule has 1 aliphatic rings. The van der Waals surface area contributed by atoms with E-state index in [9.17, 15) is 4.39 Å². The lowest BCUT2D eigenvalue weighted by atomic mass is 9.86. The molecule has 1 heterocycles. The summed E-state index contributed by atoms with van der Waals surface area (Å²) in [5.74, 6) is 0.241. The molecule has 0 saturated heterocycles. The van der Waals surface area contributed by atoms with E-state index in [0.717, 1.165) is 11.3 Å². The van der Waals surface area contributed by atoms with E-state index < -0.39 is 6.17 Å². The molecule has 0 amide bonds. The first-order chi connectivity index (χ1) is 6.91. The van der Waals surface area contributed by atoms with Gasteiger partial charge in [0.2, 0.25) is 0 Å². The zero-order chi connectivity index (χ0) is 11.2. The van der Waals surface area contributed by atoms with Gasteiger partial charge in [-0.2, -0.15) is 0 Å². The topological polar surface area (TPSA) is 25.8 Å². The van der Waals surface area contributed by atoms with E-state index >= 15 is 0 Å². The second-order valence-corrected chi connectivity index (χ2v) is 5.38. The van der Waals surface area contributed by atoms with Crippen LogP contribution in [0.15, 0.2) is 6.33 Å². The van der Waals surface area contributed by atoms with Crippen molar-refractivity contribution < 1.29 is 4.39 Å². The SMILES string of the molecule is C[C@@H]1C[C@@H](F)c2ncnc(C(C)(C)C)c21. The maximum Gasteiger partial charge on any atom is 0.143 e.